The van der Waals surface area contributed by atoms with E-state index in [2.05, 4.69) is 136 Å². The molecule has 0 saturated heterocycles. The van der Waals surface area contributed by atoms with Crippen LogP contribution in [0.5, 0.6) is 0 Å². The molecule has 0 bridgehead atoms. The number of halogens is 1. The predicted molar refractivity (Wildman–Crippen MR) is 126 cm³/mol. The summed E-state index contributed by atoms with van der Waals surface area (Å²) in [5.74, 6) is 0. The van der Waals surface area contributed by atoms with Gasteiger partial charge < -0.3 is 17.0 Å². The second-order valence-electron chi connectivity index (χ2n) is 7.59. The van der Waals surface area contributed by atoms with E-state index >= 15 is 0 Å². The number of nitrogens with zero attached hydrogens (tertiary/aromatic N) is 2. The first kappa shape index (κ1) is 23.8. The highest BCUT2D eigenvalue weighted by Gasteiger charge is 2.64. The van der Waals surface area contributed by atoms with E-state index in [9.17, 15) is 0 Å². The summed E-state index contributed by atoms with van der Waals surface area (Å²) in [5.41, 5.74) is 0. The molecule has 0 spiro atoms. The highest BCUT2D eigenvalue weighted by molar-refractivity contribution is 7.96. The molecule has 0 fully saturated rings. The van der Waals surface area contributed by atoms with Crippen LogP contribution in [0.3, 0.4) is 0 Å². The zero-order chi connectivity index (χ0) is 20.2. The van der Waals surface area contributed by atoms with Crippen LogP contribution in [0.1, 0.15) is 13.3 Å². The third kappa shape index (κ3) is 3.82. The largest absolute Gasteiger partial charge is 1.00 e. The van der Waals surface area contributed by atoms with Gasteiger partial charge in [-0.2, -0.15) is 0 Å². The molecule has 29 heavy (non-hydrogen) atoms. The summed E-state index contributed by atoms with van der Waals surface area (Å²) < 4.78 is 0. The van der Waals surface area contributed by atoms with Gasteiger partial charge >= 0.3 is 0 Å². The Kier molecular flexibility index (Phi) is 8.19. The summed E-state index contributed by atoms with van der Waals surface area (Å²) in [7, 11) is 6.86. The third-order valence-corrected chi connectivity index (χ3v) is 11.3. The topological polar surface area (TPSA) is 6.48 Å². The smallest absolute Gasteiger partial charge is 0.200 e. The van der Waals surface area contributed by atoms with E-state index < -0.39 is 7.26 Å². The van der Waals surface area contributed by atoms with Gasteiger partial charge in [-0.15, -0.1) is 0 Å². The van der Waals surface area contributed by atoms with Gasteiger partial charge in [0.05, 0.1) is 0 Å². The molecule has 0 heterocycles. The third-order valence-electron chi connectivity index (χ3n) is 5.87. The second kappa shape index (κ2) is 10.00. The van der Waals surface area contributed by atoms with Crippen molar-refractivity contribution in [1.29, 1.82) is 0 Å². The lowest BCUT2D eigenvalue weighted by molar-refractivity contribution is -0.00000578. The summed E-state index contributed by atoms with van der Waals surface area (Å²) in [5, 5.41) is 4.09. The molecule has 4 heteroatoms. The van der Waals surface area contributed by atoms with Crippen molar-refractivity contribution in [3.05, 3.63) is 91.0 Å². The molecule has 154 valence electrons. The normalized spacial score (nSPS) is 12.1. The maximum atomic E-state index is 2.44. The van der Waals surface area contributed by atoms with Crippen LogP contribution in [-0.2, 0) is 0 Å². The molecule has 0 amide bonds. The van der Waals surface area contributed by atoms with Crippen LogP contribution >= 0.6 is 7.26 Å². The minimum absolute atomic E-state index is 0. The van der Waals surface area contributed by atoms with E-state index in [0.29, 0.717) is 0 Å². The second-order valence-corrected chi connectivity index (χ2v) is 11.2. The minimum Gasteiger partial charge on any atom is -1.00 e. The van der Waals surface area contributed by atoms with E-state index in [1.54, 1.807) is 0 Å². The van der Waals surface area contributed by atoms with Crippen LogP contribution in [-0.4, -0.2) is 43.4 Å². The van der Waals surface area contributed by atoms with Gasteiger partial charge in [0.1, 0.15) is 23.2 Å². The van der Waals surface area contributed by atoms with Crippen molar-refractivity contribution < 1.29 is 17.0 Å². The quantitative estimate of drug-likeness (QED) is 0.377. The van der Waals surface area contributed by atoms with Crippen molar-refractivity contribution in [3.8, 4) is 0 Å². The molecule has 3 rings (SSSR count). The van der Waals surface area contributed by atoms with E-state index in [-0.39, 0.29) is 22.4 Å². The van der Waals surface area contributed by atoms with E-state index in [1.807, 2.05) is 0 Å². The average Bonchev–Trinajstić information content (AvgIpc) is 2.73. The van der Waals surface area contributed by atoms with Gasteiger partial charge in [-0.25, -0.2) is 0 Å². The van der Waals surface area contributed by atoms with Gasteiger partial charge in [-0.05, 0) is 64.6 Å². The maximum Gasteiger partial charge on any atom is 0.200 e. The van der Waals surface area contributed by atoms with E-state index in [4.69, 9.17) is 0 Å². The molecule has 0 aliphatic heterocycles. The van der Waals surface area contributed by atoms with E-state index in [0.717, 1.165) is 6.42 Å². The van der Waals surface area contributed by atoms with Crippen molar-refractivity contribution in [2.24, 2.45) is 0 Å². The highest BCUT2D eigenvalue weighted by atomic mass is 79.9. The molecule has 0 aliphatic rings. The predicted octanol–water partition coefficient (Wildman–Crippen LogP) is 1.17. The van der Waals surface area contributed by atoms with Crippen molar-refractivity contribution >= 4 is 23.2 Å². The Hall–Kier alpha value is -1.51. The van der Waals surface area contributed by atoms with Crippen LogP contribution in [0, 0.1) is 0 Å². The molecule has 0 N–H and O–H groups in total. The van der Waals surface area contributed by atoms with Crippen molar-refractivity contribution in [3.63, 3.8) is 0 Å². The number of rotatable bonds is 7. The number of hydrogen-bond donors (Lipinski definition) is 0. The molecule has 3 aromatic rings. The first-order valence-corrected chi connectivity index (χ1v) is 11.7. The van der Waals surface area contributed by atoms with Crippen LogP contribution in [0.15, 0.2) is 91.0 Å². The van der Waals surface area contributed by atoms with Gasteiger partial charge in [0.15, 0.2) is 0 Å². The Balaban J connectivity index is 0.00000300. The Labute approximate surface area is 187 Å². The molecular formula is C25H32BrN2P. The summed E-state index contributed by atoms with van der Waals surface area (Å²) >= 11 is 0. The molecule has 0 aliphatic carbocycles. The maximum absolute atomic E-state index is 2.44. The van der Waals surface area contributed by atoms with Crippen LogP contribution in [0.4, 0.5) is 0 Å². The Morgan fingerprint density at radius 1 is 0.586 bits per heavy atom. The molecule has 0 atom stereocenters. The summed E-state index contributed by atoms with van der Waals surface area (Å²) in [6, 6.07) is 33.4. The number of benzene rings is 3. The van der Waals surface area contributed by atoms with Crippen LogP contribution < -0.4 is 32.9 Å². The monoisotopic (exact) mass is 470 g/mol. The Morgan fingerprint density at radius 2 is 0.862 bits per heavy atom. The summed E-state index contributed by atoms with van der Waals surface area (Å²) in [6.07, 6.45) is 1.01. The Morgan fingerprint density at radius 3 is 1.07 bits per heavy atom. The zero-order valence-electron chi connectivity index (χ0n) is 18.1. The first-order valence-electron chi connectivity index (χ1n) is 9.92. The SMILES string of the molecule is CCC(N(C)C)(N(C)C)[P+](c1ccccc1)(c1ccccc1)c1ccccc1.[Br-]. The molecule has 2 nitrogen and oxygen atoms in total. The van der Waals surface area contributed by atoms with Gasteiger partial charge in [-0.3, -0.25) is 9.80 Å². The van der Waals surface area contributed by atoms with Crippen molar-refractivity contribution in [2.45, 2.75) is 18.7 Å². The summed E-state index contributed by atoms with van der Waals surface area (Å²) in [4.78, 5) is 4.88. The summed E-state index contributed by atoms with van der Waals surface area (Å²) in [6.45, 7) is 2.32. The first-order chi connectivity index (χ1) is 13.5. The molecular weight excluding hydrogens is 439 g/mol. The fraction of sp³-hybridized carbons (Fsp3) is 0.280. The fourth-order valence-corrected chi connectivity index (χ4v) is 10.6. The number of hydrogen-bond acceptors (Lipinski definition) is 2. The van der Waals surface area contributed by atoms with E-state index in [1.165, 1.54) is 15.9 Å². The lowest BCUT2D eigenvalue weighted by Gasteiger charge is -2.51. The Bertz CT molecular complexity index is 762. The molecule has 0 unspecified atom stereocenters. The lowest BCUT2D eigenvalue weighted by Crippen LogP contribution is -3.00. The molecule has 3 aromatic carbocycles. The highest BCUT2D eigenvalue weighted by Crippen LogP contribution is 2.68. The lowest BCUT2D eigenvalue weighted by atomic mass is 10.3. The van der Waals surface area contributed by atoms with Crippen LogP contribution in [0.25, 0.3) is 0 Å². The van der Waals surface area contributed by atoms with Gasteiger partial charge in [0.25, 0.3) is 0 Å². The zero-order valence-corrected chi connectivity index (χ0v) is 20.6. The van der Waals surface area contributed by atoms with Crippen molar-refractivity contribution in [1.82, 2.24) is 9.80 Å². The average molecular weight is 471 g/mol. The standard InChI is InChI=1S/C25H32N2P.BrH/c1-6-25(26(2)3,27(4)5)28(22-16-10-7-11-17-22,23-18-12-8-13-19-23)24-20-14-9-15-21-24;/h7-21H,6H2,1-5H3;1H/q+1;/p-1. The van der Waals surface area contributed by atoms with Crippen LogP contribution in [0.2, 0.25) is 0 Å². The fourth-order valence-electron chi connectivity index (χ4n) is 4.89. The molecule has 0 radical (unpaired) electrons. The van der Waals surface area contributed by atoms with Gasteiger partial charge in [0.2, 0.25) is 5.40 Å². The van der Waals surface area contributed by atoms with Gasteiger partial charge in [0, 0.05) is 6.42 Å². The van der Waals surface area contributed by atoms with Gasteiger partial charge in [-0.1, -0.05) is 61.5 Å². The molecule has 0 aromatic heterocycles. The minimum atomic E-state index is -2.05. The molecule has 0 saturated carbocycles. The van der Waals surface area contributed by atoms with Crippen molar-refractivity contribution in [2.75, 3.05) is 28.2 Å².